The fourth-order valence-corrected chi connectivity index (χ4v) is 7.91. The first-order valence-electron chi connectivity index (χ1n) is 17.6. The van der Waals surface area contributed by atoms with Gasteiger partial charge in [0.25, 0.3) is 0 Å². The molecule has 1 saturated heterocycles. The third kappa shape index (κ3) is 8.63. The van der Waals surface area contributed by atoms with E-state index in [1.165, 1.54) is 16.2 Å². The Morgan fingerprint density at radius 1 is 1.12 bits per heavy atom. The van der Waals surface area contributed by atoms with E-state index in [1.807, 2.05) is 42.5 Å². The van der Waals surface area contributed by atoms with Crippen LogP contribution < -0.4 is 16.0 Å². The van der Waals surface area contributed by atoms with E-state index in [4.69, 9.17) is 14.5 Å². The number of benzene rings is 1. The molecule has 14 nitrogen and oxygen atoms in total. The molecule has 274 valence electrons. The molecule has 4 heterocycles. The average molecular weight is 723 g/mol. The summed E-state index contributed by atoms with van der Waals surface area (Å²) in [6.45, 7) is 5.77. The van der Waals surface area contributed by atoms with Gasteiger partial charge in [0, 0.05) is 35.9 Å². The molecule has 5 atom stereocenters. The Kier molecular flexibility index (Phi) is 10.6. The first-order chi connectivity index (χ1) is 24.3. The molecule has 15 heteroatoms. The number of allylic oxidation sites excluding steroid dienone is 1. The molecule has 1 aromatic heterocycles. The Labute approximate surface area is 300 Å². The van der Waals surface area contributed by atoms with Gasteiger partial charge in [0.2, 0.25) is 11.8 Å². The van der Waals surface area contributed by atoms with Crippen molar-refractivity contribution in [1.82, 2.24) is 25.4 Å². The van der Waals surface area contributed by atoms with Crippen LogP contribution in [0, 0.1) is 5.92 Å². The predicted molar refractivity (Wildman–Crippen MR) is 188 cm³/mol. The second-order valence-corrected chi connectivity index (χ2v) is 15.7. The number of hydrogen-bond acceptors (Lipinski definition) is 10. The molecule has 2 fully saturated rings. The molecule has 4 N–H and O–H groups in total. The molecule has 4 amide bonds. The minimum Gasteiger partial charge on any atom is -0.479 e. The summed E-state index contributed by atoms with van der Waals surface area (Å²) in [5.74, 6) is -2.68. The van der Waals surface area contributed by atoms with E-state index < -0.39 is 59.3 Å². The standard InChI is InChI=1S/C36H46N6O8S/c1-35(2,3)50-33(47)39-26-15-11-6-4-5-8-12-22-19-36(22,31(45)46)40-29(43)27-18-24(20-42(27)30(26)44)49-34(48)41-17-16-25-28(21-41)51-32(38-25)37-23-13-9-7-10-14-23/h7-10,12-14,22,24,26-27H,4-6,11,15-21H2,1-3H3,(H,37,38)(H,39,47)(H,40,43)(H,45,46)/t22-,24-,26+,27+,36-/m1/s1. The van der Waals surface area contributed by atoms with Crippen LogP contribution in [0.5, 0.6) is 0 Å². The van der Waals surface area contributed by atoms with Gasteiger partial charge in [0.15, 0.2) is 5.13 Å². The number of thiazole rings is 1. The number of aliphatic carboxylic acids is 1. The summed E-state index contributed by atoms with van der Waals surface area (Å²) < 4.78 is 11.4. The van der Waals surface area contributed by atoms with Crippen molar-refractivity contribution in [2.45, 2.75) is 108 Å². The number of hydrogen-bond donors (Lipinski definition) is 4. The maximum Gasteiger partial charge on any atom is 0.410 e. The maximum atomic E-state index is 14.2. The van der Waals surface area contributed by atoms with Crippen molar-refractivity contribution in [2.24, 2.45) is 5.92 Å². The normalized spacial score (nSPS) is 26.7. The fourth-order valence-electron chi connectivity index (χ4n) is 6.86. The molecule has 1 aliphatic carbocycles. The van der Waals surface area contributed by atoms with E-state index in [1.54, 1.807) is 25.7 Å². The molecule has 0 unspecified atom stereocenters. The number of carboxylic acid groups (broad SMARTS) is 1. The van der Waals surface area contributed by atoms with Gasteiger partial charge in [-0.25, -0.2) is 19.4 Å². The molecular formula is C36H46N6O8S. The van der Waals surface area contributed by atoms with Crippen molar-refractivity contribution in [3.05, 3.63) is 53.1 Å². The molecule has 0 spiro atoms. The van der Waals surface area contributed by atoms with Crippen molar-refractivity contribution in [3.63, 3.8) is 0 Å². The number of alkyl carbamates (subject to hydrolysis) is 1. The molecule has 6 rings (SSSR count). The van der Waals surface area contributed by atoms with Crippen LogP contribution >= 0.6 is 11.3 Å². The van der Waals surface area contributed by atoms with E-state index in [9.17, 15) is 29.1 Å². The van der Waals surface area contributed by atoms with Crippen LogP contribution in [0.3, 0.4) is 0 Å². The fraction of sp³-hybridized carbons (Fsp3) is 0.556. The van der Waals surface area contributed by atoms with Crippen LogP contribution in [-0.2, 0) is 36.8 Å². The number of carbonyl (C=O) groups excluding carboxylic acids is 4. The number of amides is 4. The quantitative estimate of drug-likeness (QED) is 0.316. The zero-order valence-electron chi connectivity index (χ0n) is 29.2. The van der Waals surface area contributed by atoms with Crippen LogP contribution in [0.2, 0.25) is 0 Å². The highest BCUT2D eigenvalue weighted by Crippen LogP contribution is 2.45. The van der Waals surface area contributed by atoms with Gasteiger partial charge >= 0.3 is 18.2 Å². The summed E-state index contributed by atoms with van der Waals surface area (Å²) in [4.78, 5) is 75.4. The van der Waals surface area contributed by atoms with Crippen molar-refractivity contribution < 1.29 is 38.6 Å². The molecule has 1 aromatic carbocycles. The summed E-state index contributed by atoms with van der Waals surface area (Å²) in [7, 11) is 0. The summed E-state index contributed by atoms with van der Waals surface area (Å²) in [6.07, 6.45) is 5.63. The Hall–Kier alpha value is -4.66. The first-order valence-corrected chi connectivity index (χ1v) is 18.4. The molecule has 51 heavy (non-hydrogen) atoms. The lowest BCUT2D eigenvalue weighted by Crippen LogP contribution is -2.56. The van der Waals surface area contributed by atoms with Crippen LogP contribution in [0.15, 0.2) is 42.5 Å². The van der Waals surface area contributed by atoms with Crippen LogP contribution in [0.4, 0.5) is 20.4 Å². The van der Waals surface area contributed by atoms with Gasteiger partial charge in [-0.05, 0) is 58.6 Å². The monoisotopic (exact) mass is 722 g/mol. The van der Waals surface area contributed by atoms with E-state index in [0.717, 1.165) is 40.7 Å². The van der Waals surface area contributed by atoms with Crippen LogP contribution in [0.1, 0.15) is 76.3 Å². The number of rotatable bonds is 5. The number of aromatic nitrogens is 1. The number of nitrogens with zero attached hydrogens (tertiary/aromatic N) is 3. The smallest absolute Gasteiger partial charge is 0.410 e. The number of anilines is 2. The van der Waals surface area contributed by atoms with Crippen molar-refractivity contribution in [3.8, 4) is 0 Å². The second-order valence-electron chi connectivity index (χ2n) is 14.6. The largest absolute Gasteiger partial charge is 0.479 e. The highest BCUT2D eigenvalue weighted by molar-refractivity contribution is 7.15. The lowest BCUT2D eigenvalue weighted by Gasteiger charge is -2.30. The summed E-state index contributed by atoms with van der Waals surface area (Å²) >= 11 is 1.47. The van der Waals surface area contributed by atoms with Crippen molar-refractivity contribution in [2.75, 3.05) is 18.4 Å². The maximum absolute atomic E-state index is 14.2. The second kappa shape index (κ2) is 14.9. The van der Waals surface area contributed by atoms with Gasteiger partial charge in [-0.1, -0.05) is 54.5 Å². The number of nitrogens with one attached hydrogen (secondary N) is 3. The first kappa shape index (κ1) is 36.1. The third-order valence-corrected chi connectivity index (χ3v) is 10.6. The van der Waals surface area contributed by atoms with E-state index in [-0.39, 0.29) is 25.3 Å². The molecule has 3 aliphatic heterocycles. The zero-order valence-corrected chi connectivity index (χ0v) is 30.0. The zero-order chi connectivity index (χ0) is 36.3. The summed E-state index contributed by atoms with van der Waals surface area (Å²) in [5.41, 5.74) is -0.441. The molecule has 4 aliphatic rings. The van der Waals surface area contributed by atoms with Gasteiger partial charge in [-0.15, -0.1) is 0 Å². The van der Waals surface area contributed by atoms with Crippen LogP contribution in [0.25, 0.3) is 0 Å². The Morgan fingerprint density at radius 3 is 2.65 bits per heavy atom. The lowest BCUT2D eigenvalue weighted by atomic mass is 10.0. The Balaban J connectivity index is 1.18. The number of carboxylic acids is 1. The molecule has 1 saturated carbocycles. The Morgan fingerprint density at radius 2 is 1.90 bits per heavy atom. The van der Waals surface area contributed by atoms with E-state index >= 15 is 0 Å². The van der Waals surface area contributed by atoms with Gasteiger partial charge in [0.05, 0.1) is 18.8 Å². The minimum atomic E-state index is -1.47. The van der Waals surface area contributed by atoms with E-state index in [0.29, 0.717) is 32.4 Å². The number of ether oxygens (including phenoxy) is 2. The average Bonchev–Trinajstić information content (AvgIpc) is 3.38. The third-order valence-electron chi connectivity index (χ3n) is 9.59. The number of para-hydroxylation sites is 1. The predicted octanol–water partition coefficient (Wildman–Crippen LogP) is 4.72. The molecule has 0 bridgehead atoms. The van der Waals surface area contributed by atoms with Gasteiger partial charge < -0.3 is 40.3 Å². The number of carbonyl (C=O) groups is 5. The highest BCUT2D eigenvalue weighted by Gasteiger charge is 2.61. The lowest BCUT2D eigenvalue weighted by molar-refractivity contribution is -0.145. The van der Waals surface area contributed by atoms with Crippen molar-refractivity contribution in [1.29, 1.82) is 0 Å². The molecule has 0 radical (unpaired) electrons. The topological polar surface area (TPSA) is 180 Å². The summed E-state index contributed by atoms with van der Waals surface area (Å²) in [6, 6.07) is 7.57. The van der Waals surface area contributed by atoms with Crippen LogP contribution in [-0.4, -0.2) is 92.3 Å². The van der Waals surface area contributed by atoms with Gasteiger partial charge in [-0.2, -0.15) is 0 Å². The van der Waals surface area contributed by atoms with Gasteiger partial charge in [-0.3, -0.25) is 9.59 Å². The minimum absolute atomic E-state index is 0.0243. The molecule has 2 aromatic rings. The van der Waals surface area contributed by atoms with E-state index in [2.05, 4.69) is 16.0 Å². The summed E-state index contributed by atoms with van der Waals surface area (Å²) in [5, 5.41) is 19.6. The number of fused-ring (bicyclic) bond motifs is 3. The molecular weight excluding hydrogens is 676 g/mol. The SMILES string of the molecule is CC(C)(C)OC(=O)N[C@H]1CCCCCC=C[C@@H]2C[C@@]2(C(=O)O)NC(=O)[C@@H]2C[C@@H](OC(=O)N3CCc4nc(Nc5ccccc5)sc4C3)CN2C1=O. The van der Waals surface area contributed by atoms with Gasteiger partial charge in [0.1, 0.15) is 29.3 Å². The highest BCUT2D eigenvalue weighted by atomic mass is 32.1. The van der Waals surface area contributed by atoms with Crippen molar-refractivity contribution >= 4 is 52.1 Å². The Bertz CT molecular complexity index is 1670.